The lowest BCUT2D eigenvalue weighted by molar-refractivity contribution is -0.149. The second-order valence-electron chi connectivity index (χ2n) is 3.37. The minimum atomic E-state index is -0.925. The van der Waals surface area contributed by atoms with Crippen LogP contribution in [0.5, 0.6) is 0 Å². The van der Waals surface area contributed by atoms with Crippen LogP contribution in [0.4, 0.5) is 0 Å². The van der Waals surface area contributed by atoms with E-state index in [4.69, 9.17) is 9.84 Å². The van der Waals surface area contributed by atoms with Crippen LogP contribution in [0, 0.1) is 0 Å². The third-order valence-electron chi connectivity index (χ3n) is 2.25. The number of carbonyl (C=O) groups excluding carboxylic acids is 1. The Kier molecular flexibility index (Phi) is 4.51. The van der Waals surface area contributed by atoms with E-state index < -0.39 is 12.1 Å². The van der Waals surface area contributed by atoms with Crippen molar-refractivity contribution >= 4 is 11.9 Å². The molecule has 0 aromatic carbocycles. The van der Waals surface area contributed by atoms with Crippen LogP contribution >= 0.6 is 0 Å². The second kappa shape index (κ2) is 5.67. The molecule has 0 aromatic heterocycles. The van der Waals surface area contributed by atoms with Gasteiger partial charge in [-0.05, 0) is 12.8 Å². The summed E-state index contributed by atoms with van der Waals surface area (Å²) < 4.78 is 9.66. The van der Waals surface area contributed by atoms with Crippen LogP contribution in [0.15, 0.2) is 0 Å². The smallest absolute Gasteiger partial charge is 0.332 e. The van der Waals surface area contributed by atoms with Gasteiger partial charge in [-0.1, -0.05) is 0 Å². The maximum atomic E-state index is 10.7. The summed E-state index contributed by atoms with van der Waals surface area (Å²) in [4.78, 5) is 21.3. The number of ether oxygens (including phenoxy) is 2. The largest absolute Gasteiger partial charge is 0.479 e. The summed E-state index contributed by atoms with van der Waals surface area (Å²) in [5.74, 6) is -1.27. The van der Waals surface area contributed by atoms with Crippen LogP contribution in [0.2, 0.25) is 0 Å². The molecule has 0 spiro atoms. The van der Waals surface area contributed by atoms with E-state index in [0.717, 1.165) is 0 Å². The van der Waals surface area contributed by atoms with Gasteiger partial charge >= 0.3 is 11.9 Å². The fourth-order valence-corrected chi connectivity index (χ4v) is 1.44. The number of carbonyl (C=O) groups is 2. The predicted octanol–water partition coefficient (Wildman–Crippen LogP) is -0.619. The Morgan fingerprint density at radius 3 is 2.80 bits per heavy atom. The molecule has 2 atom stereocenters. The molecule has 6 nitrogen and oxygen atoms in total. The molecule has 0 aliphatic carbocycles. The summed E-state index contributed by atoms with van der Waals surface area (Å²) in [7, 11) is 1.32. The van der Waals surface area contributed by atoms with Gasteiger partial charge in [-0.25, -0.2) is 4.79 Å². The Morgan fingerprint density at radius 1 is 1.53 bits per heavy atom. The molecule has 2 N–H and O–H groups in total. The van der Waals surface area contributed by atoms with E-state index >= 15 is 0 Å². The van der Waals surface area contributed by atoms with Crippen LogP contribution in [0.25, 0.3) is 0 Å². The minimum absolute atomic E-state index is 0.119. The van der Waals surface area contributed by atoms with Gasteiger partial charge in [-0.2, -0.15) is 0 Å². The van der Waals surface area contributed by atoms with Crippen molar-refractivity contribution in [1.82, 2.24) is 5.32 Å². The van der Waals surface area contributed by atoms with Crippen molar-refractivity contribution in [2.24, 2.45) is 0 Å². The molecule has 6 heteroatoms. The van der Waals surface area contributed by atoms with Gasteiger partial charge in [0.15, 0.2) is 6.10 Å². The molecule has 86 valence electrons. The number of carboxylic acids is 1. The first-order valence-corrected chi connectivity index (χ1v) is 4.79. The standard InChI is InChI=1S/C9H15NO5/c1-14-8(11)5-10-4-6-2-3-7(15-6)9(12)13/h6-7,10H,2-5H2,1H3,(H,12,13). The number of aliphatic carboxylic acids is 1. The molecule has 0 bridgehead atoms. The summed E-state index contributed by atoms with van der Waals surface area (Å²) in [5.41, 5.74) is 0. The maximum absolute atomic E-state index is 10.7. The summed E-state index contributed by atoms with van der Waals surface area (Å²) in [5, 5.41) is 11.5. The number of nitrogens with one attached hydrogen (secondary N) is 1. The summed E-state index contributed by atoms with van der Waals surface area (Å²) in [6, 6.07) is 0. The molecule has 1 saturated heterocycles. The number of hydrogen-bond acceptors (Lipinski definition) is 5. The topological polar surface area (TPSA) is 84.9 Å². The number of methoxy groups -OCH3 is 1. The lowest BCUT2D eigenvalue weighted by Crippen LogP contribution is -2.32. The lowest BCUT2D eigenvalue weighted by Gasteiger charge is -2.11. The van der Waals surface area contributed by atoms with E-state index in [2.05, 4.69) is 10.1 Å². The van der Waals surface area contributed by atoms with Crippen molar-refractivity contribution in [2.45, 2.75) is 25.0 Å². The highest BCUT2D eigenvalue weighted by atomic mass is 16.5. The zero-order valence-electron chi connectivity index (χ0n) is 8.56. The number of rotatable bonds is 5. The highest BCUT2D eigenvalue weighted by molar-refractivity contribution is 5.72. The van der Waals surface area contributed by atoms with E-state index in [0.29, 0.717) is 19.4 Å². The fourth-order valence-electron chi connectivity index (χ4n) is 1.44. The lowest BCUT2D eigenvalue weighted by atomic mass is 10.2. The summed E-state index contributed by atoms with van der Waals surface area (Å²) in [6.07, 6.45) is 0.399. The number of hydrogen-bond donors (Lipinski definition) is 2. The molecule has 0 amide bonds. The van der Waals surface area contributed by atoms with Crippen LogP contribution in [-0.2, 0) is 19.1 Å². The van der Waals surface area contributed by atoms with Crippen molar-refractivity contribution in [3.05, 3.63) is 0 Å². The molecule has 1 rings (SSSR count). The van der Waals surface area contributed by atoms with Crippen molar-refractivity contribution in [3.8, 4) is 0 Å². The molecular formula is C9H15NO5. The van der Waals surface area contributed by atoms with Gasteiger partial charge in [0.1, 0.15) is 0 Å². The molecule has 0 aromatic rings. The number of esters is 1. The predicted molar refractivity (Wildman–Crippen MR) is 50.4 cm³/mol. The third-order valence-corrected chi connectivity index (χ3v) is 2.25. The van der Waals surface area contributed by atoms with Crippen molar-refractivity contribution < 1.29 is 24.2 Å². The van der Waals surface area contributed by atoms with E-state index in [1.165, 1.54) is 7.11 Å². The van der Waals surface area contributed by atoms with Crippen molar-refractivity contribution in [3.63, 3.8) is 0 Å². The molecular weight excluding hydrogens is 202 g/mol. The van der Waals surface area contributed by atoms with Gasteiger partial charge in [0.05, 0.1) is 19.8 Å². The Hall–Kier alpha value is -1.14. The minimum Gasteiger partial charge on any atom is -0.479 e. The summed E-state index contributed by atoms with van der Waals surface area (Å²) in [6.45, 7) is 0.590. The fraction of sp³-hybridized carbons (Fsp3) is 0.778. The second-order valence-corrected chi connectivity index (χ2v) is 3.37. The first-order chi connectivity index (χ1) is 7.13. The zero-order valence-corrected chi connectivity index (χ0v) is 8.56. The van der Waals surface area contributed by atoms with Gasteiger partial charge in [0.25, 0.3) is 0 Å². The van der Waals surface area contributed by atoms with Gasteiger partial charge in [0.2, 0.25) is 0 Å². The maximum Gasteiger partial charge on any atom is 0.332 e. The van der Waals surface area contributed by atoms with Crippen LogP contribution in [0.1, 0.15) is 12.8 Å². The normalized spacial score (nSPS) is 25.1. The average Bonchev–Trinajstić information content (AvgIpc) is 2.66. The SMILES string of the molecule is COC(=O)CNCC1CCC(C(=O)O)O1. The molecule has 15 heavy (non-hydrogen) atoms. The molecule has 2 unspecified atom stereocenters. The van der Waals surface area contributed by atoms with E-state index in [1.54, 1.807) is 0 Å². The van der Waals surface area contributed by atoms with Gasteiger partial charge < -0.3 is 19.9 Å². The molecule has 1 heterocycles. The molecule has 0 saturated carbocycles. The Balaban J connectivity index is 2.14. The number of carboxylic acid groups (broad SMARTS) is 1. The van der Waals surface area contributed by atoms with Gasteiger partial charge in [-0.3, -0.25) is 4.79 Å². The van der Waals surface area contributed by atoms with E-state index in [1.807, 2.05) is 0 Å². The monoisotopic (exact) mass is 217 g/mol. The Labute approximate surface area is 87.5 Å². The first-order valence-electron chi connectivity index (χ1n) is 4.79. The average molecular weight is 217 g/mol. The van der Waals surface area contributed by atoms with E-state index in [-0.39, 0.29) is 18.6 Å². The molecule has 1 aliphatic heterocycles. The third kappa shape index (κ3) is 3.85. The first kappa shape index (κ1) is 11.9. The quantitative estimate of drug-likeness (QED) is 0.597. The Bertz CT molecular complexity index is 243. The van der Waals surface area contributed by atoms with E-state index in [9.17, 15) is 9.59 Å². The molecule has 1 aliphatic rings. The molecule has 0 radical (unpaired) electrons. The van der Waals surface area contributed by atoms with Crippen molar-refractivity contribution in [2.75, 3.05) is 20.2 Å². The Morgan fingerprint density at radius 2 is 2.27 bits per heavy atom. The van der Waals surface area contributed by atoms with Crippen molar-refractivity contribution in [1.29, 1.82) is 0 Å². The molecule has 1 fully saturated rings. The summed E-state index contributed by atoms with van der Waals surface area (Å²) >= 11 is 0. The highest BCUT2D eigenvalue weighted by Gasteiger charge is 2.29. The van der Waals surface area contributed by atoms with Crippen LogP contribution in [0.3, 0.4) is 0 Å². The van der Waals surface area contributed by atoms with Crippen LogP contribution in [-0.4, -0.2) is 49.5 Å². The highest BCUT2D eigenvalue weighted by Crippen LogP contribution is 2.18. The van der Waals surface area contributed by atoms with Gasteiger partial charge in [0, 0.05) is 6.54 Å². The zero-order chi connectivity index (χ0) is 11.3. The van der Waals surface area contributed by atoms with Crippen LogP contribution < -0.4 is 5.32 Å². The van der Waals surface area contributed by atoms with Gasteiger partial charge in [-0.15, -0.1) is 0 Å².